The molecule has 0 amide bonds. The molecule has 0 atom stereocenters. The Morgan fingerprint density at radius 3 is 1.56 bits per heavy atom. The molecule has 0 aromatic carbocycles. The van der Waals surface area contributed by atoms with Gasteiger partial charge in [0.05, 0.1) is 0 Å². The second kappa shape index (κ2) is 18.6. The average molecular weight is 255 g/mol. The number of aliphatic carboxylic acids is 1. The van der Waals surface area contributed by atoms with E-state index < -0.39 is 5.97 Å². The van der Waals surface area contributed by atoms with Gasteiger partial charge in [-0.3, -0.25) is 0 Å². The zero-order valence-corrected chi connectivity index (χ0v) is 12.1. The van der Waals surface area contributed by atoms with Gasteiger partial charge in [-0.1, -0.05) is 91.1 Å². The first kappa shape index (κ1) is 19.5. The van der Waals surface area contributed by atoms with Crippen molar-refractivity contribution in [2.45, 2.75) is 77.6 Å². The molecule has 0 bridgehead atoms. The van der Waals surface area contributed by atoms with Crippen molar-refractivity contribution in [3.05, 3.63) is 19.6 Å². The molecule has 0 saturated carbocycles. The molecule has 1 radical (unpaired) electrons. The molecule has 18 heavy (non-hydrogen) atoms. The van der Waals surface area contributed by atoms with Gasteiger partial charge in [0.25, 0.3) is 0 Å². The minimum Gasteiger partial charge on any atom is -0.478 e. The summed E-state index contributed by atoms with van der Waals surface area (Å²) < 4.78 is 0. The predicted molar refractivity (Wildman–Crippen MR) is 79.7 cm³/mol. The third-order valence-electron chi connectivity index (χ3n) is 2.78. The van der Waals surface area contributed by atoms with E-state index in [1.165, 1.54) is 64.2 Å². The van der Waals surface area contributed by atoms with Crippen LogP contribution in [0.15, 0.2) is 12.7 Å². The number of hydrogen-bond donors (Lipinski definition) is 1. The molecule has 0 aliphatic heterocycles. The van der Waals surface area contributed by atoms with Crippen molar-refractivity contribution in [2.24, 2.45) is 0 Å². The highest BCUT2D eigenvalue weighted by molar-refractivity contribution is 5.78. The van der Waals surface area contributed by atoms with Crippen molar-refractivity contribution in [3.8, 4) is 0 Å². The van der Waals surface area contributed by atoms with Crippen LogP contribution in [0.2, 0.25) is 0 Å². The van der Waals surface area contributed by atoms with E-state index in [2.05, 4.69) is 20.4 Å². The number of rotatable bonds is 11. The maximum Gasteiger partial charge on any atom is 0.327 e. The van der Waals surface area contributed by atoms with E-state index in [1.807, 2.05) is 0 Å². The molecule has 0 aliphatic carbocycles. The third-order valence-corrected chi connectivity index (χ3v) is 2.78. The molecule has 0 aliphatic rings. The lowest BCUT2D eigenvalue weighted by Gasteiger charge is -2.00. The summed E-state index contributed by atoms with van der Waals surface area (Å²) in [6, 6.07) is 0. The highest BCUT2D eigenvalue weighted by atomic mass is 16.4. The quantitative estimate of drug-likeness (QED) is 0.397. The van der Waals surface area contributed by atoms with Crippen LogP contribution in [0.4, 0.5) is 0 Å². The van der Waals surface area contributed by atoms with E-state index in [0.29, 0.717) is 0 Å². The second-order valence-electron chi connectivity index (χ2n) is 4.58. The molecule has 0 spiro atoms. The zero-order chi connectivity index (χ0) is 14.1. The van der Waals surface area contributed by atoms with Crippen LogP contribution in [0.25, 0.3) is 0 Å². The predicted octanol–water partition coefficient (Wildman–Crippen LogP) is 5.39. The molecule has 0 heterocycles. The maximum absolute atomic E-state index is 9.25. The Kier molecular flexibility index (Phi) is 20.2. The number of carboxylic acids is 1. The molecule has 107 valence electrons. The van der Waals surface area contributed by atoms with Crippen LogP contribution in [0.5, 0.6) is 0 Å². The third kappa shape index (κ3) is 24.4. The molecular formula is C16H31O2. The fourth-order valence-corrected chi connectivity index (χ4v) is 1.66. The van der Waals surface area contributed by atoms with Crippen molar-refractivity contribution < 1.29 is 9.90 Å². The van der Waals surface area contributed by atoms with E-state index in [1.54, 1.807) is 0 Å². The molecule has 2 heteroatoms. The Morgan fingerprint density at radius 2 is 1.28 bits per heavy atom. The molecule has 1 N–H and O–H groups in total. The van der Waals surface area contributed by atoms with Gasteiger partial charge in [0, 0.05) is 6.08 Å². The lowest BCUT2D eigenvalue weighted by molar-refractivity contribution is -0.131. The summed E-state index contributed by atoms with van der Waals surface area (Å²) in [6.07, 6.45) is 16.2. The van der Waals surface area contributed by atoms with E-state index in [9.17, 15) is 4.79 Å². The van der Waals surface area contributed by atoms with Crippen molar-refractivity contribution >= 4 is 5.97 Å². The monoisotopic (exact) mass is 255 g/mol. The van der Waals surface area contributed by atoms with Crippen LogP contribution in [-0.4, -0.2) is 11.1 Å². The van der Waals surface area contributed by atoms with Gasteiger partial charge in [0.2, 0.25) is 0 Å². The van der Waals surface area contributed by atoms with Crippen LogP contribution in [-0.2, 0) is 4.79 Å². The smallest absolute Gasteiger partial charge is 0.327 e. The first-order valence-electron chi connectivity index (χ1n) is 7.33. The summed E-state index contributed by atoms with van der Waals surface area (Å²) in [5, 5.41) is 7.60. The van der Waals surface area contributed by atoms with Crippen LogP contribution >= 0.6 is 0 Å². The van der Waals surface area contributed by atoms with Crippen LogP contribution < -0.4 is 0 Å². The van der Waals surface area contributed by atoms with Gasteiger partial charge in [0.15, 0.2) is 0 Å². The first-order chi connectivity index (χ1) is 8.68. The van der Waals surface area contributed by atoms with Gasteiger partial charge in [-0.25, -0.2) is 4.79 Å². The fraction of sp³-hybridized carbons (Fsp3) is 0.750. The number of carboxylic acid groups (broad SMARTS) is 1. The summed E-state index contributed by atoms with van der Waals surface area (Å²) in [5.41, 5.74) is 0. The van der Waals surface area contributed by atoms with Crippen LogP contribution in [0.1, 0.15) is 77.6 Å². The Bertz CT molecular complexity index is 166. The summed E-state index contributed by atoms with van der Waals surface area (Å²) >= 11 is 0. The number of unbranched alkanes of at least 4 members (excludes halogenated alkanes) is 10. The number of carbonyl (C=O) groups is 1. The highest BCUT2D eigenvalue weighted by Crippen LogP contribution is 2.10. The average Bonchev–Trinajstić information content (AvgIpc) is 2.37. The van der Waals surface area contributed by atoms with Gasteiger partial charge >= 0.3 is 5.97 Å². The topological polar surface area (TPSA) is 37.3 Å². The summed E-state index contributed by atoms with van der Waals surface area (Å²) in [4.78, 5) is 9.25. The lowest BCUT2D eigenvalue weighted by atomic mass is 10.1. The summed E-state index contributed by atoms with van der Waals surface area (Å²) in [7, 11) is 0. The molecular weight excluding hydrogens is 224 g/mol. The van der Waals surface area contributed by atoms with Crippen molar-refractivity contribution in [1.82, 2.24) is 0 Å². The van der Waals surface area contributed by atoms with Gasteiger partial charge in [-0.15, -0.1) is 0 Å². The van der Waals surface area contributed by atoms with E-state index in [4.69, 9.17) is 5.11 Å². The Labute approximate surface area is 113 Å². The standard InChI is InChI=1S/C13H27.C3H4O2/c1-3-5-7-9-11-13-12-10-8-6-4-2;1-2-3(4)5/h1,3-13H2,2H3;2H,1H2,(H,4,5). The molecule has 0 aromatic heterocycles. The SMILES string of the molecule is C=CC(=O)O.[CH2]CCCCCCCCCCCC. The Morgan fingerprint density at radius 1 is 0.944 bits per heavy atom. The first-order valence-corrected chi connectivity index (χ1v) is 7.33. The van der Waals surface area contributed by atoms with E-state index >= 15 is 0 Å². The van der Waals surface area contributed by atoms with Crippen molar-refractivity contribution in [3.63, 3.8) is 0 Å². The molecule has 0 unspecified atom stereocenters. The normalized spacial score (nSPS) is 9.44. The van der Waals surface area contributed by atoms with Crippen LogP contribution in [0.3, 0.4) is 0 Å². The minimum absolute atomic E-state index is 0.833. The molecule has 0 fully saturated rings. The van der Waals surface area contributed by atoms with Gasteiger partial charge in [-0.05, 0) is 0 Å². The summed E-state index contributed by atoms with van der Waals surface area (Å²) in [5.74, 6) is -0.981. The van der Waals surface area contributed by atoms with Gasteiger partial charge in [-0.2, -0.15) is 0 Å². The van der Waals surface area contributed by atoms with Crippen molar-refractivity contribution in [2.75, 3.05) is 0 Å². The van der Waals surface area contributed by atoms with Gasteiger partial charge < -0.3 is 5.11 Å². The molecule has 2 nitrogen and oxygen atoms in total. The minimum atomic E-state index is -0.981. The van der Waals surface area contributed by atoms with Crippen molar-refractivity contribution in [1.29, 1.82) is 0 Å². The van der Waals surface area contributed by atoms with E-state index in [-0.39, 0.29) is 0 Å². The zero-order valence-electron chi connectivity index (χ0n) is 12.1. The highest BCUT2D eigenvalue weighted by Gasteiger charge is 1.90. The largest absolute Gasteiger partial charge is 0.478 e. The molecule has 0 rings (SSSR count). The number of hydrogen-bond acceptors (Lipinski definition) is 1. The Hall–Kier alpha value is -0.790. The van der Waals surface area contributed by atoms with Crippen LogP contribution in [0, 0.1) is 6.92 Å². The lowest BCUT2D eigenvalue weighted by Crippen LogP contribution is -1.82. The fourth-order valence-electron chi connectivity index (χ4n) is 1.66. The second-order valence-corrected chi connectivity index (χ2v) is 4.58. The molecule has 0 saturated heterocycles. The molecule has 0 aromatic rings. The summed E-state index contributed by atoms with van der Waals surface area (Å²) in [6.45, 7) is 9.09. The Balaban J connectivity index is 0. The maximum atomic E-state index is 9.25. The van der Waals surface area contributed by atoms with E-state index in [0.717, 1.165) is 12.5 Å². The van der Waals surface area contributed by atoms with Gasteiger partial charge in [0.1, 0.15) is 0 Å².